The number of carbonyl (C=O) groups excluding carboxylic acids is 9. The molecule has 3 saturated heterocycles. The average molecular weight is 1490 g/mol. The zero-order chi connectivity index (χ0) is 75.8. The summed E-state index contributed by atoms with van der Waals surface area (Å²) in [6.07, 6.45) is 0.685. The van der Waals surface area contributed by atoms with E-state index in [1.165, 1.54) is 38.1 Å². The maximum atomic E-state index is 15.1. The number of nitrogens with two attached hydrogens (primary N) is 2. The van der Waals surface area contributed by atoms with Crippen LogP contribution in [0.2, 0.25) is 0 Å². The number of aryl methyl sites for hydroxylation is 1. The Labute approximate surface area is 615 Å². The van der Waals surface area contributed by atoms with Crippen LogP contribution in [0, 0.1) is 0 Å². The molecular weight excluding hydrogens is 1380 g/mol. The van der Waals surface area contributed by atoms with Crippen molar-refractivity contribution < 1.29 is 68.4 Å². The van der Waals surface area contributed by atoms with Gasteiger partial charge in [-0.25, -0.2) is 4.79 Å². The van der Waals surface area contributed by atoms with Gasteiger partial charge in [-0.1, -0.05) is 71.5 Å². The molecule has 3 aliphatic heterocycles. The Morgan fingerprint density at radius 3 is 1.76 bits per heavy atom. The van der Waals surface area contributed by atoms with Crippen molar-refractivity contribution in [1.82, 2.24) is 84.7 Å². The number of carboxylic acid groups (broad SMARTS) is 1. The van der Waals surface area contributed by atoms with Crippen molar-refractivity contribution in [3.8, 4) is 5.75 Å². The molecule has 24 N–H and O–H groups in total. The van der Waals surface area contributed by atoms with Crippen LogP contribution < -0.4 is 91.2 Å². The van der Waals surface area contributed by atoms with Crippen molar-refractivity contribution in [1.29, 1.82) is 0 Å². The highest BCUT2D eigenvalue weighted by atomic mass is 33.1. The number of fused-ring (bicyclic) bond motifs is 16. The minimum absolute atomic E-state index is 0.00124. The summed E-state index contributed by atoms with van der Waals surface area (Å²) in [6.45, 7) is 10.9. The van der Waals surface area contributed by atoms with Crippen LogP contribution in [0.15, 0.2) is 85.1 Å². The van der Waals surface area contributed by atoms with Gasteiger partial charge in [0, 0.05) is 107 Å². The highest BCUT2D eigenvalue weighted by molar-refractivity contribution is 8.68. The lowest BCUT2D eigenvalue weighted by molar-refractivity contribution is -0.145. The zero-order valence-corrected chi connectivity index (χ0v) is 61.3. The molecule has 32 nitrogen and oxygen atoms in total. The monoisotopic (exact) mass is 1490 g/mol. The molecule has 4 heterocycles. The Hall–Kier alpha value is -8.00. The minimum atomic E-state index is -1.75. The number of benzene rings is 3. The fourth-order valence-corrected chi connectivity index (χ4v) is 13.0. The predicted octanol–water partition coefficient (Wildman–Crippen LogP) is -2.89. The zero-order valence-electron chi connectivity index (χ0n) is 59.6. The van der Waals surface area contributed by atoms with Gasteiger partial charge in [0.1, 0.15) is 53.7 Å². The molecule has 34 heteroatoms. The van der Waals surface area contributed by atoms with Crippen LogP contribution in [-0.4, -0.2) is 234 Å². The number of aromatic amines is 1. The molecule has 0 aliphatic carbocycles. The van der Waals surface area contributed by atoms with E-state index >= 15 is 4.79 Å². The number of nitrogens with one attached hydrogen (secondary N) is 16. The normalized spacial score (nSPS) is 20.5. The number of amides is 9. The topological polar surface area (TPSA) is 500 Å². The lowest BCUT2D eigenvalue weighted by Gasteiger charge is -2.40. The molecule has 2 bridgehead atoms. The van der Waals surface area contributed by atoms with Crippen LogP contribution in [0.5, 0.6) is 5.75 Å². The lowest BCUT2D eigenvalue weighted by atomic mass is 10.0. The van der Waals surface area contributed by atoms with Crippen LogP contribution >= 0.6 is 22.5 Å². The van der Waals surface area contributed by atoms with E-state index in [1.807, 2.05) is 30.3 Å². The molecule has 0 radical (unpaired) electrons. The SMILES string of the molecule is CC1CCCN[C@]2(N)CNCCNC[C@@](NC(=O)CCCC(=O)NC(CCc3ccccc3)C(=O)N[C@@H](CSS)C(=O)NC(Cc3ccc(O)cc3)C(=O)N[C@H](Cc3c[nH]c4ccccc34)C(=O)NC(CCCCN)C(=O)NC(C(=O)N[C@@H](C)C(=O)NC(C(=O)O)C(C)O)C(C)O)(CNCCNC2)N1. The van der Waals surface area contributed by atoms with Gasteiger partial charge in [-0.15, -0.1) is 11.7 Å². The number of hydrogen-bond donors (Lipinski definition) is 23. The molecule has 104 heavy (non-hydrogen) atoms. The Morgan fingerprint density at radius 1 is 0.587 bits per heavy atom. The predicted molar refractivity (Wildman–Crippen MR) is 398 cm³/mol. The summed E-state index contributed by atoms with van der Waals surface area (Å²) in [7, 11) is 0.912. The molecule has 4 aromatic rings. The van der Waals surface area contributed by atoms with E-state index in [0.29, 0.717) is 93.8 Å². The second-order valence-electron chi connectivity index (χ2n) is 26.9. The summed E-state index contributed by atoms with van der Waals surface area (Å²) >= 11 is 4.35. The molecule has 3 aliphatic rings. The van der Waals surface area contributed by atoms with Crippen LogP contribution in [0.3, 0.4) is 0 Å². The summed E-state index contributed by atoms with van der Waals surface area (Å²) in [4.78, 5) is 143. The number of para-hydroxylation sites is 1. The Morgan fingerprint density at radius 2 is 1.13 bits per heavy atom. The van der Waals surface area contributed by atoms with Crippen molar-refractivity contribution in [2.75, 3.05) is 71.2 Å². The number of carboxylic acids is 1. The highest BCUT2D eigenvalue weighted by Crippen LogP contribution is 2.21. The molecule has 1 aromatic heterocycles. The van der Waals surface area contributed by atoms with E-state index in [0.717, 1.165) is 36.1 Å². The van der Waals surface area contributed by atoms with Crippen LogP contribution in [0.1, 0.15) is 102 Å². The number of aliphatic hydroxyl groups excluding tert-OH is 2. The molecule has 3 aromatic carbocycles. The smallest absolute Gasteiger partial charge is 0.328 e. The first-order valence-corrected chi connectivity index (χ1v) is 37.5. The van der Waals surface area contributed by atoms with Gasteiger partial charge in [0.2, 0.25) is 53.2 Å². The Balaban J connectivity index is 1.20. The number of unbranched alkanes of at least 4 members (excludes halogenated alkanes) is 1. The summed E-state index contributed by atoms with van der Waals surface area (Å²) in [5.41, 5.74) is 13.6. The van der Waals surface area contributed by atoms with Crippen molar-refractivity contribution in [3.05, 3.63) is 102 Å². The summed E-state index contributed by atoms with van der Waals surface area (Å²) < 4.78 is 0. The second-order valence-corrected chi connectivity index (χ2v) is 28.3. The van der Waals surface area contributed by atoms with Gasteiger partial charge in [-0.05, 0) is 127 Å². The quantitative estimate of drug-likeness (QED) is 0.0123. The number of phenols is 1. The highest BCUT2D eigenvalue weighted by Gasteiger charge is 2.38. The first-order valence-electron chi connectivity index (χ1n) is 35.5. The maximum absolute atomic E-state index is 15.1. The number of carbonyl (C=O) groups is 10. The standard InChI is InChI=1S/C70H108N18O14S2/c1-42-14-13-29-78-69(72)38-73-30-32-75-40-70(87-42,41-76-33-31-74-39-69)88-58(93)21-12-20-57(92)80-53(27-24-46-15-6-5-7-16-46)62(95)84-56(37-104-103)66(99)82-54(34-47-22-25-49(91)26-23-47)64(97)83-55(35-48-36-77-51-18-9-8-17-50(48)51)65(98)81-52(19-10-11-28-71)63(96)85-59(44(3)89)67(100)79-43(2)61(94)86-60(45(4)90)68(101)102/h5-9,15-18,22-23,25-26,36,42-45,52-56,59-60,73-78,87,89-91,103H,10-14,19-21,24,27-35,37-41,71-72H2,1-4H3,(H,79,100)(H,80,92)(H,81,98)(H,82,99)(H,83,97)(H,84,95)(H,85,96)(H,86,94)(H,88,93)(H,101,102)/t42?,43-,44?,45?,52?,53?,54?,55+,56-,59?,60?,69-,70-/m0/s1. The number of aromatic hydroxyl groups is 1. The second kappa shape index (κ2) is 43.4. The van der Waals surface area contributed by atoms with Crippen molar-refractivity contribution in [2.24, 2.45) is 11.5 Å². The number of aliphatic carboxylic acids is 1. The number of phenolic OH excluding ortho intramolecular Hbond substituents is 1. The largest absolute Gasteiger partial charge is 0.508 e. The van der Waals surface area contributed by atoms with Gasteiger partial charge in [0.25, 0.3) is 0 Å². The van der Waals surface area contributed by atoms with Gasteiger partial charge in [-0.3, -0.25) is 53.8 Å². The molecule has 0 spiro atoms. The number of rotatable bonds is 36. The minimum Gasteiger partial charge on any atom is -0.508 e. The Bertz CT molecular complexity index is 3410. The Kier molecular flexibility index (Phi) is 35.5. The van der Waals surface area contributed by atoms with Crippen LogP contribution in [0.4, 0.5) is 0 Å². The summed E-state index contributed by atoms with van der Waals surface area (Å²) in [5, 5.41) is 86.3. The van der Waals surface area contributed by atoms with E-state index in [-0.39, 0.29) is 81.4 Å². The maximum Gasteiger partial charge on any atom is 0.328 e. The van der Waals surface area contributed by atoms with Gasteiger partial charge >= 0.3 is 5.97 Å². The fourth-order valence-electron chi connectivity index (χ4n) is 12.2. The van der Waals surface area contributed by atoms with E-state index in [1.54, 1.807) is 30.5 Å². The van der Waals surface area contributed by atoms with E-state index < -0.39 is 125 Å². The van der Waals surface area contributed by atoms with Crippen LogP contribution in [-0.2, 0) is 67.2 Å². The molecule has 8 unspecified atom stereocenters. The summed E-state index contributed by atoms with van der Waals surface area (Å²) in [6, 6.07) is 10.2. The van der Waals surface area contributed by atoms with Gasteiger partial charge in [-0.2, -0.15) is 0 Å². The van der Waals surface area contributed by atoms with E-state index in [2.05, 4.69) is 103 Å². The number of hydrogen-bond acceptors (Lipinski definition) is 23. The number of aromatic nitrogens is 1. The van der Waals surface area contributed by atoms with Gasteiger partial charge in [0.05, 0.1) is 17.9 Å². The van der Waals surface area contributed by atoms with E-state index in [4.69, 9.17) is 11.5 Å². The van der Waals surface area contributed by atoms with Crippen molar-refractivity contribution in [2.45, 2.75) is 183 Å². The first kappa shape index (κ1) is 84.9. The number of aliphatic hydroxyl groups is 2. The van der Waals surface area contributed by atoms with Crippen molar-refractivity contribution >= 4 is 92.5 Å². The van der Waals surface area contributed by atoms with Gasteiger partial charge in [0.15, 0.2) is 6.04 Å². The molecular formula is C70H108N18O14S2. The van der Waals surface area contributed by atoms with E-state index in [9.17, 15) is 63.6 Å². The lowest BCUT2D eigenvalue weighted by Crippen LogP contribution is -2.71. The third kappa shape index (κ3) is 28.5. The van der Waals surface area contributed by atoms with Crippen LogP contribution in [0.25, 0.3) is 10.9 Å². The third-order valence-corrected chi connectivity index (χ3v) is 18.9. The first-order chi connectivity index (χ1) is 49.7. The molecule has 11 atom stereocenters. The number of H-pyrrole nitrogens is 1. The number of thiol groups is 1. The summed E-state index contributed by atoms with van der Waals surface area (Å²) in [5.74, 6) is -9.03. The average Bonchev–Trinajstić information content (AvgIpc) is 1.62. The molecule has 574 valence electrons. The molecule has 7 rings (SSSR count). The van der Waals surface area contributed by atoms with Crippen molar-refractivity contribution in [3.63, 3.8) is 0 Å². The molecule has 3 fully saturated rings. The van der Waals surface area contributed by atoms with Gasteiger partial charge < -0.3 is 106 Å². The molecule has 0 saturated carbocycles. The fraction of sp³-hybridized carbons (Fsp3) is 0.571. The molecule has 9 amide bonds. The third-order valence-electron chi connectivity index (χ3n) is 18.0.